The highest BCUT2D eigenvalue weighted by atomic mass is 19.1. The molecular weight excluding hydrogens is 379 g/mol. The summed E-state index contributed by atoms with van der Waals surface area (Å²) < 4.78 is 36.2. The predicted molar refractivity (Wildman–Crippen MR) is 102 cm³/mol. The Balaban J connectivity index is 1.66. The molecule has 5 atom stereocenters. The van der Waals surface area contributed by atoms with E-state index in [4.69, 9.17) is 18.9 Å². The van der Waals surface area contributed by atoms with Crippen molar-refractivity contribution in [1.29, 1.82) is 0 Å². The minimum atomic E-state index is -1.98. The van der Waals surface area contributed by atoms with Crippen LogP contribution in [0.4, 0.5) is 4.39 Å². The molecule has 0 saturated carbocycles. The van der Waals surface area contributed by atoms with E-state index < -0.39 is 36.7 Å². The van der Waals surface area contributed by atoms with Crippen LogP contribution in [-0.2, 0) is 37.0 Å². The Hall–Kier alpha value is -2.32. The standard InChI is InChI=1S/C22H25FO6/c1-15(24)28-21-19(25)20(27-13-17-10-6-3-7-11-17)18(29-22(21)23)14-26-12-16-8-4-2-5-9-16/h2-11,18-22,25H,12-14H2,1H3/t18?,19?,20-,21?,22+/m1/s1. The van der Waals surface area contributed by atoms with Crippen LogP contribution < -0.4 is 0 Å². The Morgan fingerprint density at radius 2 is 1.59 bits per heavy atom. The van der Waals surface area contributed by atoms with Gasteiger partial charge in [-0.05, 0) is 11.1 Å². The number of halogens is 1. The van der Waals surface area contributed by atoms with Crippen LogP contribution in [0.5, 0.6) is 0 Å². The van der Waals surface area contributed by atoms with Crippen molar-refractivity contribution in [1.82, 2.24) is 0 Å². The summed E-state index contributed by atoms with van der Waals surface area (Å²) in [6.07, 6.45) is -6.62. The third-order valence-corrected chi connectivity index (χ3v) is 4.58. The Labute approximate surface area is 169 Å². The second-order valence-electron chi connectivity index (χ2n) is 6.85. The molecule has 2 aromatic rings. The van der Waals surface area contributed by atoms with Gasteiger partial charge in [0.25, 0.3) is 0 Å². The Morgan fingerprint density at radius 3 is 2.17 bits per heavy atom. The van der Waals surface area contributed by atoms with Gasteiger partial charge in [-0.15, -0.1) is 0 Å². The molecule has 0 radical (unpaired) electrons. The van der Waals surface area contributed by atoms with Gasteiger partial charge in [0, 0.05) is 6.92 Å². The smallest absolute Gasteiger partial charge is 0.303 e. The van der Waals surface area contributed by atoms with E-state index in [0.29, 0.717) is 6.61 Å². The van der Waals surface area contributed by atoms with Crippen LogP contribution in [0.25, 0.3) is 0 Å². The maximum Gasteiger partial charge on any atom is 0.303 e. The molecule has 6 nitrogen and oxygen atoms in total. The summed E-state index contributed by atoms with van der Waals surface area (Å²) in [4.78, 5) is 11.3. The minimum absolute atomic E-state index is 0.0125. The molecule has 0 spiro atoms. The molecule has 0 aromatic heterocycles. The van der Waals surface area contributed by atoms with E-state index in [1.807, 2.05) is 60.7 Å². The van der Waals surface area contributed by atoms with Crippen LogP contribution in [0, 0.1) is 0 Å². The van der Waals surface area contributed by atoms with Gasteiger partial charge in [-0.3, -0.25) is 4.79 Å². The normalized spacial score (nSPS) is 26.8. The average Bonchev–Trinajstić information content (AvgIpc) is 2.72. The van der Waals surface area contributed by atoms with Crippen LogP contribution in [0.15, 0.2) is 60.7 Å². The first-order valence-corrected chi connectivity index (χ1v) is 9.46. The van der Waals surface area contributed by atoms with E-state index >= 15 is 0 Å². The van der Waals surface area contributed by atoms with E-state index in [2.05, 4.69) is 0 Å². The van der Waals surface area contributed by atoms with Gasteiger partial charge in [0.2, 0.25) is 6.36 Å². The largest absolute Gasteiger partial charge is 0.454 e. The number of rotatable bonds is 8. The highest BCUT2D eigenvalue weighted by molar-refractivity contribution is 5.66. The minimum Gasteiger partial charge on any atom is -0.454 e. The van der Waals surface area contributed by atoms with Crippen LogP contribution in [0.2, 0.25) is 0 Å². The average molecular weight is 404 g/mol. The van der Waals surface area contributed by atoms with E-state index in [1.54, 1.807) is 0 Å². The third kappa shape index (κ3) is 6.08. The third-order valence-electron chi connectivity index (χ3n) is 4.58. The number of hydrogen-bond donors (Lipinski definition) is 1. The number of esters is 1. The quantitative estimate of drug-likeness (QED) is 0.682. The molecule has 1 heterocycles. The van der Waals surface area contributed by atoms with E-state index in [1.165, 1.54) is 0 Å². The summed E-state index contributed by atoms with van der Waals surface area (Å²) in [6, 6.07) is 18.9. The second kappa shape index (κ2) is 10.5. The molecule has 0 aliphatic carbocycles. The SMILES string of the molecule is CC(=O)OC1C(O)[C@H](OCc2ccccc2)C(COCc2ccccc2)O[C@@H]1F. The maximum absolute atomic E-state index is 14.4. The molecule has 3 rings (SSSR count). The zero-order valence-electron chi connectivity index (χ0n) is 16.1. The van der Waals surface area contributed by atoms with Crippen LogP contribution in [0.1, 0.15) is 18.1 Å². The lowest BCUT2D eigenvalue weighted by atomic mass is 9.99. The molecular formula is C22H25FO6. The Morgan fingerprint density at radius 1 is 1.00 bits per heavy atom. The molecule has 0 amide bonds. The van der Waals surface area contributed by atoms with Gasteiger partial charge < -0.3 is 24.1 Å². The van der Waals surface area contributed by atoms with E-state index in [-0.39, 0.29) is 13.2 Å². The van der Waals surface area contributed by atoms with Crippen molar-refractivity contribution in [2.45, 2.75) is 50.9 Å². The zero-order valence-corrected chi connectivity index (χ0v) is 16.1. The highest BCUT2D eigenvalue weighted by Gasteiger charge is 2.48. The first-order chi connectivity index (χ1) is 14.0. The summed E-state index contributed by atoms with van der Waals surface area (Å²) in [5.74, 6) is -0.708. The number of ether oxygens (including phenoxy) is 4. The van der Waals surface area contributed by atoms with Gasteiger partial charge in [0.1, 0.15) is 18.3 Å². The second-order valence-corrected chi connectivity index (χ2v) is 6.85. The molecule has 1 N–H and O–H groups in total. The van der Waals surface area contributed by atoms with Crippen LogP contribution in [-0.4, -0.2) is 48.5 Å². The van der Waals surface area contributed by atoms with Crippen molar-refractivity contribution in [3.63, 3.8) is 0 Å². The number of benzene rings is 2. The van der Waals surface area contributed by atoms with E-state index in [0.717, 1.165) is 18.1 Å². The Bertz CT molecular complexity index is 756. The lowest BCUT2D eigenvalue weighted by Gasteiger charge is -2.41. The van der Waals surface area contributed by atoms with E-state index in [9.17, 15) is 14.3 Å². The monoisotopic (exact) mass is 404 g/mol. The number of alkyl halides is 1. The first kappa shape index (κ1) is 21.4. The molecule has 29 heavy (non-hydrogen) atoms. The fourth-order valence-corrected chi connectivity index (χ4v) is 3.17. The van der Waals surface area contributed by atoms with Crippen LogP contribution >= 0.6 is 0 Å². The molecule has 156 valence electrons. The van der Waals surface area contributed by atoms with Gasteiger partial charge in [-0.1, -0.05) is 60.7 Å². The molecule has 1 aliphatic rings. The number of carbonyl (C=O) groups excluding carboxylic acids is 1. The van der Waals surface area contributed by atoms with Crippen molar-refractivity contribution < 1.29 is 33.2 Å². The summed E-state index contributed by atoms with van der Waals surface area (Å²) in [5.41, 5.74) is 1.84. The lowest BCUT2D eigenvalue weighted by molar-refractivity contribution is -0.281. The van der Waals surface area contributed by atoms with Crippen molar-refractivity contribution in [2.24, 2.45) is 0 Å². The van der Waals surface area contributed by atoms with Gasteiger partial charge in [-0.25, -0.2) is 4.39 Å². The van der Waals surface area contributed by atoms with Crippen molar-refractivity contribution in [3.8, 4) is 0 Å². The molecule has 0 bridgehead atoms. The van der Waals surface area contributed by atoms with Gasteiger partial charge >= 0.3 is 5.97 Å². The zero-order chi connectivity index (χ0) is 20.6. The van der Waals surface area contributed by atoms with Gasteiger partial charge in [-0.2, -0.15) is 0 Å². The summed E-state index contributed by atoms with van der Waals surface area (Å²) >= 11 is 0. The topological polar surface area (TPSA) is 74.2 Å². The molecule has 1 aliphatic heterocycles. The van der Waals surface area contributed by atoms with Crippen molar-refractivity contribution in [2.75, 3.05) is 6.61 Å². The van der Waals surface area contributed by atoms with Crippen LogP contribution in [0.3, 0.4) is 0 Å². The summed E-state index contributed by atoms with van der Waals surface area (Å²) in [5, 5.41) is 10.6. The molecule has 1 saturated heterocycles. The lowest BCUT2D eigenvalue weighted by Crippen LogP contribution is -2.59. The fourth-order valence-electron chi connectivity index (χ4n) is 3.17. The van der Waals surface area contributed by atoms with Gasteiger partial charge in [0.15, 0.2) is 6.10 Å². The molecule has 1 fully saturated rings. The maximum atomic E-state index is 14.4. The number of aliphatic hydroxyl groups is 1. The number of aliphatic hydroxyl groups excluding tert-OH is 1. The molecule has 7 heteroatoms. The fraction of sp³-hybridized carbons (Fsp3) is 0.409. The summed E-state index contributed by atoms with van der Waals surface area (Å²) in [7, 11) is 0. The molecule has 3 unspecified atom stereocenters. The first-order valence-electron chi connectivity index (χ1n) is 9.46. The highest BCUT2D eigenvalue weighted by Crippen LogP contribution is 2.28. The number of carbonyl (C=O) groups is 1. The number of hydrogen-bond acceptors (Lipinski definition) is 6. The molecule has 2 aromatic carbocycles. The predicted octanol–water partition coefficient (Wildman–Crippen LogP) is 2.78. The Kier molecular flexibility index (Phi) is 7.71. The van der Waals surface area contributed by atoms with Crippen molar-refractivity contribution >= 4 is 5.97 Å². The van der Waals surface area contributed by atoms with Crippen molar-refractivity contribution in [3.05, 3.63) is 71.8 Å². The van der Waals surface area contributed by atoms with Gasteiger partial charge in [0.05, 0.1) is 19.8 Å². The summed E-state index contributed by atoms with van der Waals surface area (Å²) in [6.45, 7) is 1.66.